The van der Waals surface area contributed by atoms with Crippen molar-refractivity contribution in [2.45, 2.75) is 50.7 Å². The van der Waals surface area contributed by atoms with Gasteiger partial charge in [0.15, 0.2) is 0 Å². The van der Waals surface area contributed by atoms with E-state index in [1.807, 2.05) is 0 Å². The van der Waals surface area contributed by atoms with E-state index in [1.165, 1.54) is 24.3 Å². The predicted octanol–water partition coefficient (Wildman–Crippen LogP) is 6.56. The number of aliphatic imine (C=N–C) groups is 1. The predicted molar refractivity (Wildman–Crippen MR) is 94.6 cm³/mol. The monoisotopic (exact) mass is 403 g/mol. The Balaban J connectivity index is 1.93. The van der Waals surface area contributed by atoms with Crippen LogP contribution >= 0.6 is 0 Å². The molecule has 0 aliphatic heterocycles. The third kappa shape index (κ3) is 4.25. The van der Waals surface area contributed by atoms with E-state index in [0.717, 1.165) is 0 Å². The number of nitrogens with zero attached hydrogens (tertiary/aromatic N) is 1. The van der Waals surface area contributed by atoms with Crippen LogP contribution in [-0.2, 0) is 12.7 Å². The molecule has 1 fully saturated rings. The third-order valence-electron chi connectivity index (χ3n) is 5.11. The molecule has 2 aromatic carbocycles. The maximum Gasteiger partial charge on any atom is 0.420 e. The molecule has 8 heteroatoms. The molecule has 2 aromatic rings. The van der Waals surface area contributed by atoms with Crippen molar-refractivity contribution in [3.05, 3.63) is 41.5 Å². The number of alkyl halides is 6. The number of benzene rings is 2. The van der Waals surface area contributed by atoms with Crippen molar-refractivity contribution in [3.8, 4) is 5.75 Å². The third-order valence-corrected chi connectivity index (χ3v) is 5.11. The molecule has 0 heterocycles. The molecule has 3 rings (SSSR count). The molecular formula is C20H19F6NO. The fourth-order valence-electron chi connectivity index (χ4n) is 3.74. The van der Waals surface area contributed by atoms with Gasteiger partial charge in [-0.05, 0) is 54.8 Å². The molecule has 2 nitrogen and oxygen atoms in total. The summed E-state index contributed by atoms with van der Waals surface area (Å²) in [4.78, 5) is 3.74. The average Bonchev–Trinajstić information content (AvgIpc) is 2.60. The van der Waals surface area contributed by atoms with Crippen LogP contribution in [0, 0.1) is 5.92 Å². The fraction of sp³-hybridized carbons (Fsp3) is 0.450. The van der Waals surface area contributed by atoms with Gasteiger partial charge in [-0.3, -0.25) is 4.99 Å². The van der Waals surface area contributed by atoms with E-state index in [1.54, 1.807) is 6.07 Å². The lowest BCUT2D eigenvalue weighted by molar-refractivity contribution is -0.185. The molecule has 0 bridgehead atoms. The Hall–Kier alpha value is -2.25. The van der Waals surface area contributed by atoms with Crippen LogP contribution in [0.3, 0.4) is 0 Å². The lowest BCUT2D eigenvalue weighted by Gasteiger charge is -2.31. The van der Waals surface area contributed by atoms with E-state index in [0.29, 0.717) is 10.9 Å². The van der Waals surface area contributed by atoms with Gasteiger partial charge in [-0.2, -0.15) is 26.3 Å². The first-order chi connectivity index (χ1) is 13.1. The first kappa shape index (κ1) is 20.5. The number of fused-ring (bicyclic) bond motifs is 1. The zero-order chi connectivity index (χ0) is 20.5. The summed E-state index contributed by atoms with van der Waals surface area (Å²) in [6.07, 6.45) is -9.76. The van der Waals surface area contributed by atoms with Crippen molar-refractivity contribution in [1.82, 2.24) is 0 Å². The zero-order valence-electron chi connectivity index (χ0n) is 14.9. The molecule has 152 valence electrons. The topological polar surface area (TPSA) is 21.6 Å². The Morgan fingerprint density at radius 3 is 2.18 bits per heavy atom. The minimum absolute atomic E-state index is 0.0184. The van der Waals surface area contributed by atoms with Gasteiger partial charge in [0.25, 0.3) is 0 Å². The van der Waals surface area contributed by atoms with Gasteiger partial charge in [0.1, 0.15) is 11.3 Å². The van der Waals surface area contributed by atoms with E-state index >= 15 is 0 Å². The van der Waals surface area contributed by atoms with E-state index < -0.39 is 29.9 Å². The van der Waals surface area contributed by atoms with E-state index in [4.69, 9.17) is 4.74 Å². The molecule has 0 aromatic heterocycles. The van der Waals surface area contributed by atoms with Crippen molar-refractivity contribution >= 4 is 17.5 Å². The Labute approximate surface area is 158 Å². The van der Waals surface area contributed by atoms with E-state index in [9.17, 15) is 26.3 Å². The van der Waals surface area contributed by atoms with Crippen LogP contribution in [0.25, 0.3) is 10.8 Å². The van der Waals surface area contributed by atoms with Gasteiger partial charge in [0.2, 0.25) is 0 Å². The molecule has 0 radical (unpaired) electrons. The van der Waals surface area contributed by atoms with E-state index in [-0.39, 0.29) is 43.4 Å². The molecule has 0 unspecified atom stereocenters. The summed E-state index contributed by atoms with van der Waals surface area (Å²) in [5, 5.41) is 0.380. The zero-order valence-corrected chi connectivity index (χ0v) is 14.9. The lowest BCUT2D eigenvalue weighted by Crippen LogP contribution is -2.32. The van der Waals surface area contributed by atoms with Gasteiger partial charge >= 0.3 is 12.4 Å². The Morgan fingerprint density at radius 2 is 1.61 bits per heavy atom. The van der Waals surface area contributed by atoms with Gasteiger partial charge in [0, 0.05) is 0 Å². The van der Waals surface area contributed by atoms with Gasteiger partial charge in [-0.1, -0.05) is 24.3 Å². The smallest absolute Gasteiger partial charge is 0.420 e. The van der Waals surface area contributed by atoms with Crippen molar-refractivity contribution in [2.24, 2.45) is 10.9 Å². The molecule has 0 spiro atoms. The largest absolute Gasteiger partial charge is 0.490 e. The van der Waals surface area contributed by atoms with Crippen LogP contribution in [0.15, 0.2) is 35.3 Å². The molecule has 0 amide bonds. The number of rotatable bonds is 4. The molecule has 1 aliphatic rings. The van der Waals surface area contributed by atoms with Crippen LogP contribution in [-0.4, -0.2) is 19.0 Å². The van der Waals surface area contributed by atoms with Crippen LogP contribution in [0.2, 0.25) is 0 Å². The highest BCUT2D eigenvalue weighted by molar-refractivity contribution is 5.91. The minimum Gasteiger partial charge on any atom is -0.490 e. The number of ether oxygens (including phenoxy) is 1. The summed E-state index contributed by atoms with van der Waals surface area (Å²) < 4.78 is 85.3. The first-order valence-electron chi connectivity index (χ1n) is 8.89. The van der Waals surface area contributed by atoms with Gasteiger partial charge in [0.05, 0.1) is 18.6 Å². The molecule has 0 atom stereocenters. The first-order valence-corrected chi connectivity index (χ1v) is 8.89. The van der Waals surface area contributed by atoms with Crippen molar-refractivity contribution < 1.29 is 31.1 Å². The summed E-state index contributed by atoms with van der Waals surface area (Å²) in [5.41, 5.74) is -0.302. The second kappa shape index (κ2) is 7.64. The highest BCUT2D eigenvalue weighted by atomic mass is 19.4. The fourth-order valence-corrected chi connectivity index (χ4v) is 3.74. The summed E-state index contributed by atoms with van der Waals surface area (Å²) in [5.74, 6) is -1.76. The second-order valence-corrected chi connectivity index (χ2v) is 6.96. The molecule has 1 saturated carbocycles. The molecule has 28 heavy (non-hydrogen) atoms. The quantitative estimate of drug-likeness (QED) is 0.419. The van der Waals surface area contributed by atoms with Crippen LogP contribution in [0.4, 0.5) is 26.3 Å². The normalized spacial score (nSPS) is 20.9. The molecule has 1 aliphatic carbocycles. The Bertz CT molecular complexity index is 850. The summed E-state index contributed by atoms with van der Waals surface area (Å²) in [6, 6.07) is 7.32. The standard InChI is InChI=1S/C20H19F6NO/c1-27-11-12-3-2-4-16-15(12)9-10-17(18(16)20(24,25)26)28-14-7-5-13(6-8-14)19(21,22)23/h2-4,9-10,13-14H,1,5-8,11H2. The Morgan fingerprint density at radius 1 is 0.929 bits per heavy atom. The van der Waals surface area contributed by atoms with Crippen LogP contribution in [0.1, 0.15) is 36.8 Å². The maximum absolute atomic E-state index is 13.8. The lowest BCUT2D eigenvalue weighted by atomic mass is 9.87. The van der Waals surface area contributed by atoms with Crippen molar-refractivity contribution in [2.75, 3.05) is 0 Å². The van der Waals surface area contributed by atoms with Crippen molar-refractivity contribution in [3.63, 3.8) is 0 Å². The van der Waals surface area contributed by atoms with Crippen molar-refractivity contribution in [1.29, 1.82) is 0 Å². The second-order valence-electron chi connectivity index (χ2n) is 6.96. The molecular weight excluding hydrogens is 384 g/mol. The van der Waals surface area contributed by atoms with Crippen LogP contribution in [0.5, 0.6) is 5.75 Å². The van der Waals surface area contributed by atoms with Crippen LogP contribution < -0.4 is 4.74 Å². The highest BCUT2D eigenvalue weighted by Crippen LogP contribution is 2.44. The SMILES string of the molecule is C=NCc1cccc2c(C(F)(F)F)c(OC3CCC(C(F)(F)F)CC3)ccc12. The summed E-state index contributed by atoms with van der Waals surface area (Å²) in [7, 11) is 0. The number of halogens is 6. The van der Waals surface area contributed by atoms with Gasteiger partial charge in [-0.25, -0.2) is 0 Å². The minimum atomic E-state index is -4.67. The summed E-state index contributed by atoms with van der Waals surface area (Å²) >= 11 is 0. The number of hydrogen-bond donors (Lipinski definition) is 0. The van der Waals surface area contributed by atoms with E-state index in [2.05, 4.69) is 11.7 Å². The highest BCUT2D eigenvalue weighted by Gasteiger charge is 2.42. The van der Waals surface area contributed by atoms with Gasteiger partial charge in [-0.15, -0.1) is 0 Å². The maximum atomic E-state index is 13.8. The van der Waals surface area contributed by atoms with Gasteiger partial charge < -0.3 is 4.74 Å². The molecule has 0 N–H and O–H groups in total. The average molecular weight is 403 g/mol. The number of hydrogen-bond acceptors (Lipinski definition) is 2. The Kier molecular flexibility index (Phi) is 5.59. The molecule has 0 saturated heterocycles. The summed E-state index contributed by atoms with van der Waals surface area (Å²) in [6.45, 7) is 3.55.